The molecule has 2 saturated heterocycles. The highest BCUT2D eigenvalue weighted by Gasteiger charge is 2.52. The molecule has 3 amide bonds. The second-order valence-corrected chi connectivity index (χ2v) is 8.70. The van der Waals surface area contributed by atoms with Gasteiger partial charge >= 0.3 is 0 Å². The van der Waals surface area contributed by atoms with Gasteiger partial charge in [-0.15, -0.1) is 0 Å². The summed E-state index contributed by atoms with van der Waals surface area (Å²) in [7, 11) is -3.81. The summed E-state index contributed by atoms with van der Waals surface area (Å²) >= 11 is 0. The third kappa shape index (κ3) is 2.96. The van der Waals surface area contributed by atoms with E-state index in [1.165, 1.54) is 34.1 Å². The van der Waals surface area contributed by atoms with Crippen LogP contribution in [0.25, 0.3) is 0 Å². The molecule has 3 aliphatic rings. The predicted octanol–water partition coefficient (Wildman–Crippen LogP) is 0.110. The minimum atomic E-state index is -3.81. The fraction of sp³-hybridized carbons (Fsp3) is 0.389. The number of likely N-dealkylation sites (tertiary alicyclic amines) is 2. The van der Waals surface area contributed by atoms with Crippen LogP contribution in [0.4, 0.5) is 0 Å². The van der Waals surface area contributed by atoms with E-state index in [1.807, 2.05) is 12.2 Å². The Kier molecular flexibility index (Phi) is 4.15. The quantitative estimate of drug-likeness (QED) is 0.581. The molecule has 2 fully saturated rings. The second kappa shape index (κ2) is 6.28. The molecule has 2 N–H and O–H groups in total. The highest BCUT2D eigenvalue weighted by atomic mass is 32.2. The maximum absolute atomic E-state index is 12.6. The number of rotatable bonds is 3. The Labute approximate surface area is 156 Å². The summed E-state index contributed by atoms with van der Waals surface area (Å²) in [6, 6.07) is 5.09. The first-order chi connectivity index (χ1) is 12.8. The number of amides is 3. The standard InChI is InChI=1S/C18H19N3O5S/c19-27(25,26)13-7-5-11(6-8-13)16(22)20-9-12(10-20)21-17(23)14-3-1-2-4-15(14)18(21)24/h1-2,5-8,12,14-15H,3-4,9-10H2,(H2,19,25,26). The topological polar surface area (TPSA) is 118 Å². The van der Waals surface area contributed by atoms with Crippen molar-refractivity contribution in [1.82, 2.24) is 9.80 Å². The van der Waals surface area contributed by atoms with E-state index < -0.39 is 10.0 Å². The van der Waals surface area contributed by atoms with Crippen LogP contribution in [0.1, 0.15) is 23.2 Å². The van der Waals surface area contributed by atoms with Gasteiger partial charge in [0.25, 0.3) is 5.91 Å². The molecule has 8 nitrogen and oxygen atoms in total. The fourth-order valence-corrected chi connectivity index (χ4v) is 4.46. The lowest BCUT2D eigenvalue weighted by Gasteiger charge is -2.43. The Morgan fingerprint density at radius 1 is 0.963 bits per heavy atom. The molecule has 2 heterocycles. The predicted molar refractivity (Wildman–Crippen MR) is 94.7 cm³/mol. The first kappa shape index (κ1) is 17.9. The summed E-state index contributed by atoms with van der Waals surface area (Å²) < 4.78 is 22.6. The van der Waals surface area contributed by atoms with Gasteiger partial charge in [-0.1, -0.05) is 12.2 Å². The average Bonchev–Trinajstić information content (AvgIpc) is 2.85. The van der Waals surface area contributed by atoms with Crippen molar-refractivity contribution < 1.29 is 22.8 Å². The molecule has 2 atom stereocenters. The number of nitrogens with zero attached hydrogens (tertiary/aromatic N) is 2. The lowest BCUT2D eigenvalue weighted by atomic mass is 9.85. The van der Waals surface area contributed by atoms with Crippen LogP contribution in [-0.2, 0) is 19.6 Å². The van der Waals surface area contributed by atoms with Gasteiger partial charge in [0.15, 0.2) is 0 Å². The summed E-state index contributed by atoms with van der Waals surface area (Å²) in [6.07, 6.45) is 5.07. The van der Waals surface area contributed by atoms with Crippen molar-refractivity contribution in [2.45, 2.75) is 23.8 Å². The normalized spacial score (nSPS) is 25.5. The number of hydrogen-bond acceptors (Lipinski definition) is 5. The van der Waals surface area contributed by atoms with E-state index in [2.05, 4.69) is 0 Å². The van der Waals surface area contributed by atoms with E-state index in [9.17, 15) is 22.8 Å². The Bertz CT molecular complexity index is 922. The lowest BCUT2D eigenvalue weighted by Crippen LogP contribution is -2.62. The van der Waals surface area contributed by atoms with Crippen LogP contribution in [0, 0.1) is 11.8 Å². The Balaban J connectivity index is 1.41. The zero-order valence-electron chi connectivity index (χ0n) is 14.4. The van der Waals surface area contributed by atoms with Gasteiger partial charge in [-0.2, -0.15) is 0 Å². The molecule has 2 aliphatic heterocycles. The summed E-state index contributed by atoms with van der Waals surface area (Å²) in [4.78, 5) is 40.4. The number of sulfonamides is 1. The van der Waals surface area contributed by atoms with Crippen molar-refractivity contribution in [2.75, 3.05) is 13.1 Å². The summed E-state index contributed by atoms with van der Waals surface area (Å²) in [6.45, 7) is 0.584. The average molecular weight is 389 g/mol. The van der Waals surface area contributed by atoms with Gasteiger partial charge in [0.2, 0.25) is 21.8 Å². The zero-order valence-corrected chi connectivity index (χ0v) is 15.3. The monoisotopic (exact) mass is 389 g/mol. The van der Waals surface area contributed by atoms with E-state index in [1.54, 1.807) is 0 Å². The van der Waals surface area contributed by atoms with Gasteiger partial charge in [0, 0.05) is 18.7 Å². The molecule has 4 rings (SSSR count). The van der Waals surface area contributed by atoms with E-state index in [4.69, 9.17) is 5.14 Å². The molecule has 0 aromatic heterocycles. The SMILES string of the molecule is NS(=O)(=O)c1ccc(C(=O)N2CC(N3C(=O)C4CC=CCC4C3=O)C2)cc1. The van der Waals surface area contributed by atoms with Gasteiger partial charge < -0.3 is 4.90 Å². The number of carbonyl (C=O) groups is 3. The van der Waals surface area contributed by atoms with Gasteiger partial charge in [-0.05, 0) is 37.1 Å². The number of primary sulfonamides is 1. The minimum absolute atomic E-state index is 0.0648. The molecule has 0 spiro atoms. The van der Waals surface area contributed by atoms with Gasteiger partial charge in [-0.3, -0.25) is 19.3 Å². The number of imide groups is 1. The van der Waals surface area contributed by atoms with Crippen molar-refractivity contribution in [3.63, 3.8) is 0 Å². The van der Waals surface area contributed by atoms with Crippen LogP contribution in [-0.4, -0.2) is 55.1 Å². The summed E-state index contributed by atoms with van der Waals surface area (Å²) in [5, 5.41) is 5.05. The maximum Gasteiger partial charge on any atom is 0.253 e. The Morgan fingerprint density at radius 3 is 1.96 bits per heavy atom. The van der Waals surface area contributed by atoms with Gasteiger partial charge in [-0.25, -0.2) is 13.6 Å². The van der Waals surface area contributed by atoms with Crippen molar-refractivity contribution in [2.24, 2.45) is 17.0 Å². The minimum Gasteiger partial charge on any atom is -0.334 e. The van der Waals surface area contributed by atoms with Gasteiger partial charge in [0.05, 0.1) is 22.8 Å². The van der Waals surface area contributed by atoms with Crippen LogP contribution in [0.15, 0.2) is 41.3 Å². The molecule has 1 aromatic rings. The molecule has 0 radical (unpaired) electrons. The summed E-state index contributed by atoms with van der Waals surface area (Å²) in [5.74, 6) is -1.07. The van der Waals surface area contributed by atoms with E-state index in [0.717, 1.165) is 0 Å². The molecular formula is C18H19N3O5S. The smallest absolute Gasteiger partial charge is 0.253 e. The number of carbonyl (C=O) groups excluding carboxylic acids is 3. The third-order valence-corrected chi connectivity index (χ3v) is 6.42. The van der Waals surface area contributed by atoms with Crippen LogP contribution < -0.4 is 5.14 Å². The number of hydrogen-bond donors (Lipinski definition) is 1. The number of fused-ring (bicyclic) bond motifs is 1. The van der Waals surface area contributed by atoms with E-state index in [0.29, 0.717) is 31.5 Å². The zero-order chi connectivity index (χ0) is 19.3. The molecule has 0 bridgehead atoms. The molecule has 142 valence electrons. The van der Waals surface area contributed by atoms with Crippen LogP contribution in [0.3, 0.4) is 0 Å². The Morgan fingerprint density at radius 2 is 1.48 bits per heavy atom. The third-order valence-electron chi connectivity index (χ3n) is 5.49. The molecule has 0 saturated carbocycles. The van der Waals surface area contributed by atoms with Gasteiger partial charge in [0.1, 0.15) is 0 Å². The lowest BCUT2D eigenvalue weighted by molar-refractivity contribution is -0.145. The van der Waals surface area contributed by atoms with E-state index >= 15 is 0 Å². The highest BCUT2D eigenvalue weighted by Crippen LogP contribution is 2.37. The number of nitrogens with two attached hydrogens (primary N) is 1. The molecular weight excluding hydrogens is 370 g/mol. The van der Waals surface area contributed by atoms with Crippen LogP contribution >= 0.6 is 0 Å². The van der Waals surface area contributed by atoms with Crippen molar-refractivity contribution in [3.8, 4) is 0 Å². The van der Waals surface area contributed by atoms with Crippen molar-refractivity contribution >= 4 is 27.7 Å². The summed E-state index contributed by atoms with van der Waals surface area (Å²) in [5.41, 5.74) is 0.331. The molecule has 1 aliphatic carbocycles. The number of benzene rings is 1. The molecule has 9 heteroatoms. The first-order valence-electron chi connectivity index (χ1n) is 8.71. The fourth-order valence-electron chi connectivity index (χ4n) is 3.94. The van der Waals surface area contributed by atoms with E-state index in [-0.39, 0.29) is 40.5 Å². The molecule has 1 aromatic carbocycles. The molecule has 27 heavy (non-hydrogen) atoms. The molecule has 2 unspecified atom stereocenters. The maximum atomic E-state index is 12.6. The van der Waals surface area contributed by atoms with Crippen molar-refractivity contribution in [1.29, 1.82) is 0 Å². The van der Waals surface area contributed by atoms with Crippen LogP contribution in [0.5, 0.6) is 0 Å². The highest BCUT2D eigenvalue weighted by molar-refractivity contribution is 7.89. The van der Waals surface area contributed by atoms with Crippen molar-refractivity contribution in [3.05, 3.63) is 42.0 Å². The Hall–Kier alpha value is -2.52. The number of allylic oxidation sites excluding steroid dienone is 2. The largest absolute Gasteiger partial charge is 0.334 e. The second-order valence-electron chi connectivity index (χ2n) is 7.14. The first-order valence-corrected chi connectivity index (χ1v) is 10.3. The van der Waals surface area contributed by atoms with Crippen LogP contribution in [0.2, 0.25) is 0 Å².